The van der Waals surface area contributed by atoms with Crippen molar-refractivity contribution in [1.82, 2.24) is 10.9 Å². The van der Waals surface area contributed by atoms with E-state index < -0.39 is 0 Å². The summed E-state index contributed by atoms with van der Waals surface area (Å²) in [5.74, 6) is 0. The fourth-order valence-corrected chi connectivity index (χ4v) is 1.32. The number of hydrazine groups is 1. The Morgan fingerprint density at radius 3 is 2.00 bits per heavy atom. The summed E-state index contributed by atoms with van der Waals surface area (Å²) < 4.78 is 0. The average molecular weight is 214 g/mol. The number of hydrogen-bond acceptors (Lipinski definition) is 2. The van der Waals surface area contributed by atoms with Crippen LogP contribution in [-0.4, -0.2) is 12.1 Å². The predicted molar refractivity (Wildman–Crippen MR) is 68.8 cm³/mol. The Kier molecular flexibility index (Phi) is 6.46. The Balaban J connectivity index is 3.67. The zero-order valence-electron chi connectivity index (χ0n) is 11.5. The van der Waals surface area contributed by atoms with E-state index in [9.17, 15) is 0 Å². The molecule has 0 rings (SSSR count). The normalized spacial score (nSPS) is 13.2. The van der Waals surface area contributed by atoms with E-state index in [4.69, 9.17) is 0 Å². The highest BCUT2D eigenvalue weighted by molar-refractivity contribution is 4.78. The molecule has 0 radical (unpaired) electrons. The van der Waals surface area contributed by atoms with E-state index in [2.05, 4.69) is 52.4 Å². The minimum Gasteiger partial charge on any atom is -0.257 e. The summed E-state index contributed by atoms with van der Waals surface area (Å²) in [5.41, 5.74) is 7.36. The van der Waals surface area contributed by atoms with Crippen LogP contribution in [0.2, 0.25) is 0 Å². The molecular weight excluding hydrogens is 184 g/mol. The van der Waals surface area contributed by atoms with Gasteiger partial charge in [0.25, 0.3) is 0 Å². The van der Waals surface area contributed by atoms with Gasteiger partial charge in [0.2, 0.25) is 0 Å². The van der Waals surface area contributed by atoms with Crippen LogP contribution in [0.4, 0.5) is 0 Å². The molecule has 15 heavy (non-hydrogen) atoms. The van der Waals surface area contributed by atoms with E-state index in [0.717, 1.165) is 6.54 Å². The molecule has 0 fully saturated rings. The molecule has 0 aliphatic rings. The van der Waals surface area contributed by atoms with Crippen molar-refractivity contribution in [3.8, 4) is 0 Å². The van der Waals surface area contributed by atoms with E-state index in [0.29, 0.717) is 5.41 Å². The molecule has 92 valence electrons. The van der Waals surface area contributed by atoms with E-state index in [1.165, 1.54) is 25.7 Å². The molecule has 0 saturated heterocycles. The van der Waals surface area contributed by atoms with Gasteiger partial charge in [-0.2, -0.15) is 0 Å². The summed E-state index contributed by atoms with van der Waals surface area (Å²) in [6.45, 7) is 14.7. The number of hydrogen-bond donors (Lipinski definition) is 2. The monoisotopic (exact) mass is 214 g/mol. The standard InChI is InChI=1S/C13H30N2/c1-7-8-11-14-15-13(5,6)10-9-12(2,3)4/h14-15H,7-11H2,1-6H3. The molecule has 2 heteroatoms. The van der Waals surface area contributed by atoms with Gasteiger partial charge in [0, 0.05) is 12.1 Å². The minimum absolute atomic E-state index is 0.195. The topological polar surface area (TPSA) is 24.1 Å². The highest BCUT2D eigenvalue weighted by Crippen LogP contribution is 2.24. The molecule has 0 atom stereocenters. The smallest absolute Gasteiger partial charge is 0.0267 e. The van der Waals surface area contributed by atoms with E-state index >= 15 is 0 Å². The van der Waals surface area contributed by atoms with Crippen molar-refractivity contribution >= 4 is 0 Å². The van der Waals surface area contributed by atoms with Crippen molar-refractivity contribution in [1.29, 1.82) is 0 Å². The average Bonchev–Trinajstić information content (AvgIpc) is 2.09. The van der Waals surface area contributed by atoms with Gasteiger partial charge >= 0.3 is 0 Å². The molecule has 0 aliphatic heterocycles. The first-order chi connectivity index (χ1) is 6.77. The Hall–Kier alpha value is -0.0800. The minimum atomic E-state index is 0.195. The van der Waals surface area contributed by atoms with Crippen LogP contribution in [0.25, 0.3) is 0 Å². The Bertz CT molecular complexity index is 156. The quantitative estimate of drug-likeness (QED) is 0.501. The highest BCUT2D eigenvalue weighted by atomic mass is 15.4. The first kappa shape index (κ1) is 14.9. The van der Waals surface area contributed by atoms with Crippen LogP contribution in [0, 0.1) is 5.41 Å². The Morgan fingerprint density at radius 1 is 0.933 bits per heavy atom. The van der Waals surface area contributed by atoms with Crippen LogP contribution in [-0.2, 0) is 0 Å². The Labute approximate surface area is 96.2 Å². The lowest BCUT2D eigenvalue weighted by Gasteiger charge is -2.30. The number of nitrogens with one attached hydrogen (secondary N) is 2. The van der Waals surface area contributed by atoms with Crippen LogP contribution in [0.15, 0.2) is 0 Å². The molecule has 0 aromatic rings. The largest absolute Gasteiger partial charge is 0.257 e. The van der Waals surface area contributed by atoms with Gasteiger partial charge < -0.3 is 0 Å². The second-order valence-electron chi connectivity index (χ2n) is 6.35. The van der Waals surface area contributed by atoms with Crippen molar-refractivity contribution in [3.63, 3.8) is 0 Å². The molecule has 0 amide bonds. The summed E-state index contributed by atoms with van der Waals surface area (Å²) in [5, 5.41) is 0. The van der Waals surface area contributed by atoms with Crippen molar-refractivity contribution in [2.75, 3.05) is 6.54 Å². The molecular formula is C13H30N2. The SMILES string of the molecule is CCCCNNC(C)(C)CCC(C)(C)C. The second-order valence-corrected chi connectivity index (χ2v) is 6.35. The van der Waals surface area contributed by atoms with Crippen molar-refractivity contribution in [3.05, 3.63) is 0 Å². The molecule has 0 saturated carbocycles. The maximum Gasteiger partial charge on any atom is 0.0267 e. The molecule has 0 heterocycles. The van der Waals surface area contributed by atoms with Gasteiger partial charge in [-0.15, -0.1) is 0 Å². The lowest BCUT2D eigenvalue weighted by molar-refractivity contribution is 0.254. The second kappa shape index (κ2) is 6.49. The van der Waals surface area contributed by atoms with Crippen LogP contribution < -0.4 is 10.9 Å². The molecule has 0 aliphatic carbocycles. The highest BCUT2D eigenvalue weighted by Gasteiger charge is 2.20. The fraction of sp³-hybridized carbons (Fsp3) is 1.00. The molecule has 0 bridgehead atoms. The third-order valence-corrected chi connectivity index (χ3v) is 2.58. The maximum absolute atomic E-state index is 3.42. The van der Waals surface area contributed by atoms with Gasteiger partial charge in [-0.3, -0.25) is 10.9 Å². The zero-order chi connectivity index (χ0) is 11.9. The lowest BCUT2D eigenvalue weighted by atomic mass is 9.85. The summed E-state index contributed by atoms with van der Waals surface area (Å²) >= 11 is 0. The van der Waals surface area contributed by atoms with Gasteiger partial charge in [0.15, 0.2) is 0 Å². The summed E-state index contributed by atoms with van der Waals surface area (Å²) in [7, 11) is 0. The van der Waals surface area contributed by atoms with Crippen LogP contribution >= 0.6 is 0 Å². The predicted octanol–water partition coefficient (Wildman–Crippen LogP) is 3.49. The van der Waals surface area contributed by atoms with Gasteiger partial charge in [-0.1, -0.05) is 34.1 Å². The molecule has 0 unspecified atom stereocenters. The summed E-state index contributed by atoms with van der Waals surface area (Å²) in [6.07, 6.45) is 4.94. The van der Waals surface area contributed by atoms with Crippen LogP contribution in [0.3, 0.4) is 0 Å². The molecule has 2 nitrogen and oxygen atoms in total. The zero-order valence-corrected chi connectivity index (χ0v) is 11.5. The molecule has 0 spiro atoms. The summed E-state index contributed by atoms with van der Waals surface area (Å²) in [6, 6.07) is 0. The van der Waals surface area contributed by atoms with E-state index in [1.807, 2.05) is 0 Å². The Morgan fingerprint density at radius 2 is 1.53 bits per heavy atom. The molecule has 2 N–H and O–H groups in total. The van der Waals surface area contributed by atoms with Gasteiger partial charge in [-0.25, -0.2) is 0 Å². The first-order valence-electron chi connectivity index (χ1n) is 6.27. The van der Waals surface area contributed by atoms with Gasteiger partial charge in [0.05, 0.1) is 0 Å². The van der Waals surface area contributed by atoms with E-state index in [-0.39, 0.29) is 5.54 Å². The molecule has 0 aromatic carbocycles. The maximum atomic E-state index is 3.42. The summed E-state index contributed by atoms with van der Waals surface area (Å²) in [4.78, 5) is 0. The molecule has 0 aromatic heterocycles. The number of rotatable bonds is 7. The first-order valence-corrected chi connectivity index (χ1v) is 6.27. The van der Waals surface area contributed by atoms with E-state index in [1.54, 1.807) is 0 Å². The van der Waals surface area contributed by atoms with Crippen LogP contribution in [0.5, 0.6) is 0 Å². The third-order valence-electron chi connectivity index (χ3n) is 2.58. The van der Waals surface area contributed by atoms with Crippen LogP contribution in [0.1, 0.15) is 67.2 Å². The number of unbranched alkanes of at least 4 members (excludes halogenated alkanes) is 1. The third kappa shape index (κ3) is 10.2. The van der Waals surface area contributed by atoms with Gasteiger partial charge in [0.1, 0.15) is 0 Å². The van der Waals surface area contributed by atoms with Crippen molar-refractivity contribution in [2.24, 2.45) is 5.41 Å². The van der Waals surface area contributed by atoms with Crippen molar-refractivity contribution in [2.45, 2.75) is 72.8 Å². The fourth-order valence-electron chi connectivity index (χ4n) is 1.32. The van der Waals surface area contributed by atoms with Crippen molar-refractivity contribution < 1.29 is 0 Å². The van der Waals surface area contributed by atoms with Gasteiger partial charge in [-0.05, 0) is 38.5 Å². The lowest BCUT2D eigenvalue weighted by Crippen LogP contribution is -2.48.